The third-order valence-electron chi connectivity index (χ3n) is 5.65. The smallest absolute Gasteiger partial charge is 0.241 e. The average molecular weight is 355 g/mol. The lowest BCUT2D eigenvalue weighted by atomic mass is 9.97. The predicted octanol–water partition coefficient (Wildman–Crippen LogP) is 2.84. The van der Waals surface area contributed by atoms with Gasteiger partial charge in [-0.15, -0.1) is 0 Å². The maximum absolute atomic E-state index is 12.4. The summed E-state index contributed by atoms with van der Waals surface area (Å²) < 4.78 is 5.87. The summed E-state index contributed by atoms with van der Waals surface area (Å²) in [5, 5.41) is 2.82. The number of carbonyl (C=O) groups is 2. The van der Waals surface area contributed by atoms with Gasteiger partial charge in [-0.1, -0.05) is 25.0 Å². The van der Waals surface area contributed by atoms with E-state index in [4.69, 9.17) is 4.42 Å². The molecule has 0 atom stereocenters. The number of carbonyl (C=O) groups excluding carboxylic acids is 2. The third-order valence-corrected chi connectivity index (χ3v) is 5.65. The van der Waals surface area contributed by atoms with Crippen LogP contribution in [0.15, 0.2) is 28.7 Å². The Labute approximate surface area is 152 Å². The monoisotopic (exact) mass is 355 g/mol. The molecule has 1 aromatic heterocycles. The summed E-state index contributed by atoms with van der Waals surface area (Å²) >= 11 is 0. The highest BCUT2D eigenvalue weighted by molar-refractivity contribution is 5.86. The first-order valence-corrected chi connectivity index (χ1v) is 9.61. The van der Waals surface area contributed by atoms with Crippen molar-refractivity contribution >= 4 is 22.9 Å². The number of fused-ring (bicyclic) bond motifs is 1. The Morgan fingerprint density at radius 1 is 1.12 bits per heavy atom. The molecule has 4 rings (SSSR count). The molecule has 2 heterocycles. The minimum atomic E-state index is 0.00682. The lowest BCUT2D eigenvalue weighted by Crippen LogP contribution is -2.44. The topological polar surface area (TPSA) is 75.4 Å². The predicted molar refractivity (Wildman–Crippen MR) is 97.5 cm³/mol. The van der Waals surface area contributed by atoms with E-state index in [0.717, 1.165) is 55.5 Å². The highest BCUT2D eigenvalue weighted by Gasteiger charge is 2.28. The maximum atomic E-state index is 12.4. The molecule has 0 bridgehead atoms. The van der Waals surface area contributed by atoms with Crippen LogP contribution in [0.25, 0.3) is 11.1 Å². The van der Waals surface area contributed by atoms with Crippen molar-refractivity contribution in [2.45, 2.75) is 44.4 Å². The van der Waals surface area contributed by atoms with Crippen LogP contribution in [-0.4, -0.2) is 41.3 Å². The molecule has 2 aromatic rings. The second-order valence-corrected chi connectivity index (χ2v) is 7.37. The number of rotatable bonds is 4. The minimum Gasteiger partial charge on any atom is -0.440 e. The van der Waals surface area contributed by atoms with E-state index >= 15 is 0 Å². The fourth-order valence-corrected chi connectivity index (χ4v) is 4.05. The van der Waals surface area contributed by atoms with E-state index in [0.29, 0.717) is 13.1 Å². The number of likely N-dealkylation sites (tertiary alicyclic amines) is 1. The summed E-state index contributed by atoms with van der Waals surface area (Å²) in [5.41, 5.74) is 1.70. The van der Waals surface area contributed by atoms with Crippen molar-refractivity contribution < 1.29 is 14.0 Å². The van der Waals surface area contributed by atoms with E-state index in [1.165, 1.54) is 0 Å². The summed E-state index contributed by atoms with van der Waals surface area (Å²) in [4.78, 5) is 30.9. The summed E-state index contributed by atoms with van der Waals surface area (Å²) in [5.74, 6) is 1.17. The van der Waals surface area contributed by atoms with E-state index in [9.17, 15) is 9.59 Å². The molecule has 0 radical (unpaired) electrons. The standard InChI is InChI=1S/C20H25N3O3/c24-18(13-21-19(25)14-5-1-2-6-14)23-11-9-15(10-12-23)20-22-16-7-3-4-8-17(16)26-20/h3-4,7-8,14-15H,1-2,5-6,9-13H2,(H,21,25). The van der Waals surface area contributed by atoms with Gasteiger partial charge >= 0.3 is 0 Å². The number of nitrogens with one attached hydrogen (secondary N) is 1. The zero-order valence-corrected chi connectivity index (χ0v) is 14.9. The van der Waals surface area contributed by atoms with E-state index in [1.54, 1.807) is 0 Å². The van der Waals surface area contributed by atoms with Crippen molar-refractivity contribution in [1.82, 2.24) is 15.2 Å². The van der Waals surface area contributed by atoms with Crippen molar-refractivity contribution in [3.63, 3.8) is 0 Å². The molecule has 1 aromatic carbocycles. The Bertz CT molecular complexity index is 753. The van der Waals surface area contributed by atoms with E-state index in [-0.39, 0.29) is 30.2 Å². The van der Waals surface area contributed by atoms with Gasteiger partial charge in [0.05, 0.1) is 6.54 Å². The molecular formula is C20H25N3O3. The number of aromatic nitrogens is 1. The SMILES string of the molecule is O=C(NCC(=O)N1CCC(c2nc3ccccc3o2)CC1)C1CCCC1. The van der Waals surface area contributed by atoms with Crippen LogP contribution in [-0.2, 0) is 9.59 Å². The summed E-state index contributed by atoms with van der Waals surface area (Å²) in [6.45, 7) is 1.48. The molecule has 6 nitrogen and oxygen atoms in total. The molecule has 2 fully saturated rings. The van der Waals surface area contributed by atoms with Crippen LogP contribution in [0.5, 0.6) is 0 Å². The number of piperidine rings is 1. The number of amides is 2. The Morgan fingerprint density at radius 2 is 1.85 bits per heavy atom. The van der Waals surface area contributed by atoms with Gasteiger partial charge in [-0.25, -0.2) is 4.98 Å². The number of nitrogens with zero attached hydrogens (tertiary/aromatic N) is 2. The highest BCUT2D eigenvalue weighted by Crippen LogP contribution is 2.30. The van der Waals surface area contributed by atoms with Gasteiger partial charge in [0.1, 0.15) is 5.52 Å². The van der Waals surface area contributed by atoms with Crippen LogP contribution >= 0.6 is 0 Å². The summed E-state index contributed by atoms with van der Waals surface area (Å²) in [6.07, 6.45) is 5.83. The molecular weight excluding hydrogens is 330 g/mol. The fourth-order valence-electron chi connectivity index (χ4n) is 4.05. The van der Waals surface area contributed by atoms with Crippen molar-refractivity contribution in [2.75, 3.05) is 19.6 Å². The zero-order valence-electron chi connectivity index (χ0n) is 14.9. The van der Waals surface area contributed by atoms with Gasteiger partial charge in [-0.3, -0.25) is 9.59 Å². The summed E-state index contributed by atoms with van der Waals surface area (Å²) in [6, 6.07) is 7.78. The molecule has 1 aliphatic carbocycles. The number of benzene rings is 1. The van der Waals surface area contributed by atoms with Gasteiger partial charge in [0.15, 0.2) is 11.5 Å². The second kappa shape index (κ2) is 7.48. The van der Waals surface area contributed by atoms with Gasteiger partial charge < -0.3 is 14.6 Å². The van der Waals surface area contributed by atoms with E-state index in [1.807, 2.05) is 29.2 Å². The normalized spacial score (nSPS) is 19.2. The molecule has 1 saturated carbocycles. The zero-order chi connectivity index (χ0) is 17.9. The number of para-hydroxylation sites is 2. The van der Waals surface area contributed by atoms with Crippen molar-refractivity contribution in [2.24, 2.45) is 5.92 Å². The van der Waals surface area contributed by atoms with Crippen LogP contribution < -0.4 is 5.32 Å². The van der Waals surface area contributed by atoms with Gasteiger partial charge in [-0.2, -0.15) is 0 Å². The largest absolute Gasteiger partial charge is 0.440 e. The Morgan fingerprint density at radius 3 is 2.58 bits per heavy atom. The highest BCUT2D eigenvalue weighted by atomic mass is 16.3. The Balaban J connectivity index is 1.27. The van der Waals surface area contributed by atoms with Crippen LogP contribution in [0.3, 0.4) is 0 Å². The van der Waals surface area contributed by atoms with Crippen molar-refractivity contribution in [1.29, 1.82) is 0 Å². The minimum absolute atomic E-state index is 0.00682. The average Bonchev–Trinajstić information content (AvgIpc) is 3.35. The lowest BCUT2D eigenvalue weighted by Gasteiger charge is -2.30. The molecule has 1 aliphatic heterocycles. The fraction of sp³-hybridized carbons (Fsp3) is 0.550. The van der Waals surface area contributed by atoms with Crippen molar-refractivity contribution in [3.8, 4) is 0 Å². The van der Waals surface area contributed by atoms with Crippen LogP contribution in [0.2, 0.25) is 0 Å². The van der Waals surface area contributed by atoms with Crippen molar-refractivity contribution in [3.05, 3.63) is 30.2 Å². The number of oxazole rings is 1. The Kier molecular flexibility index (Phi) is 4.91. The molecule has 0 spiro atoms. The second-order valence-electron chi connectivity index (χ2n) is 7.37. The molecule has 26 heavy (non-hydrogen) atoms. The van der Waals surface area contributed by atoms with Crippen LogP contribution in [0.4, 0.5) is 0 Å². The number of hydrogen-bond acceptors (Lipinski definition) is 4. The van der Waals surface area contributed by atoms with Gasteiger partial charge in [-0.05, 0) is 37.8 Å². The van der Waals surface area contributed by atoms with Crippen LogP contribution in [0, 0.1) is 5.92 Å². The first-order chi connectivity index (χ1) is 12.7. The maximum Gasteiger partial charge on any atom is 0.241 e. The lowest BCUT2D eigenvalue weighted by molar-refractivity contribution is -0.134. The molecule has 1 N–H and O–H groups in total. The summed E-state index contributed by atoms with van der Waals surface area (Å²) in [7, 11) is 0. The molecule has 138 valence electrons. The first-order valence-electron chi connectivity index (χ1n) is 9.61. The van der Waals surface area contributed by atoms with E-state index < -0.39 is 0 Å². The van der Waals surface area contributed by atoms with Crippen LogP contribution in [0.1, 0.15) is 50.3 Å². The third kappa shape index (κ3) is 3.59. The van der Waals surface area contributed by atoms with E-state index in [2.05, 4.69) is 10.3 Å². The molecule has 2 aliphatic rings. The molecule has 0 unspecified atom stereocenters. The number of hydrogen-bond donors (Lipinski definition) is 1. The molecule has 2 amide bonds. The Hall–Kier alpha value is -2.37. The van der Waals surface area contributed by atoms with Gasteiger partial charge in [0, 0.05) is 24.9 Å². The molecule has 6 heteroatoms. The van der Waals surface area contributed by atoms with Gasteiger partial charge in [0.25, 0.3) is 0 Å². The quantitative estimate of drug-likeness (QED) is 0.915. The van der Waals surface area contributed by atoms with Gasteiger partial charge in [0.2, 0.25) is 11.8 Å². The molecule has 1 saturated heterocycles. The first kappa shape index (κ1) is 17.1.